The van der Waals surface area contributed by atoms with Crippen molar-refractivity contribution in [3.8, 4) is 40.5 Å². The molecule has 2 aromatic carbocycles. The molecule has 0 saturated carbocycles. The Hall–Kier alpha value is -3.80. The zero-order valence-electron chi connectivity index (χ0n) is 18.9. The molecular weight excluding hydrogens is 428 g/mol. The Morgan fingerprint density at radius 1 is 1.03 bits per heavy atom. The van der Waals surface area contributed by atoms with Crippen molar-refractivity contribution in [1.29, 1.82) is 5.26 Å². The van der Waals surface area contributed by atoms with E-state index in [4.69, 9.17) is 19.7 Å². The Labute approximate surface area is 198 Å². The van der Waals surface area contributed by atoms with Gasteiger partial charge in [-0.3, -0.25) is 0 Å². The standard InChI is InChI=1S/C28H24N2O2S/c1-4-5-20(14-15-29)21-6-9-23(10-7-21)32-17-22-8-13-27-28(30-22)26(18-33-27)25-12-11-24(31-3)16-19(25)2/h6-13,16,18,20H,14,17H2,1-3H3/t20-/m0/s1. The predicted molar refractivity (Wildman–Crippen MR) is 134 cm³/mol. The van der Waals surface area contributed by atoms with E-state index in [0.29, 0.717) is 13.0 Å². The summed E-state index contributed by atoms with van der Waals surface area (Å²) in [7, 11) is 1.68. The van der Waals surface area contributed by atoms with Crippen LogP contribution >= 0.6 is 11.3 Å². The molecule has 0 radical (unpaired) electrons. The van der Waals surface area contributed by atoms with E-state index < -0.39 is 0 Å². The van der Waals surface area contributed by atoms with E-state index in [1.165, 1.54) is 0 Å². The third kappa shape index (κ3) is 5.00. The summed E-state index contributed by atoms with van der Waals surface area (Å²) in [5.41, 5.74) is 6.32. The van der Waals surface area contributed by atoms with E-state index in [9.17, 15) is 0 Å². The zero-order chi connectivity index (χ0) is 23.2. The fraction of sp³-hybridized carbons (Fsp3) is 0.214. The molecule has 1 atom stereocenters. The highest BCUT2D eigenvalue weighted by molar-refractivity contribution is 7.17. The van der Waals surface area contributed by atoms with Crippen LogP contribution < -0.4 is 9.47 Å². The van der Waals surface area contributed by atoms with Gasteiger partial charge in [0.05, 0.1) is 41.4 Å². The first-order valence-electron chi connectivity index (χ1n) is 10.7. The van der Waals surface area contributed by atoms with Gasteiger partial charge in [-0.2, -0.15) is 5.26 Å². The number of hydrogen-bond acceptors (Lipinski definition) is 5. The Morgan fingerprint density at radius 3 is 2.52 bits per heavy atom. The van der Waals surface area contributed by atoms with E-state index >= 15 is 0 Å². The van der Waals surface area contributed by atoms with Crippen molar-refractivity contribution >= 4 is 21.6 Å². The quantitative estimate of drug-likeness (QED) is 0.287. The van der Waals surface area contributed by atoms with Crippen molar-refractivity contribution in [2.45, 2.75) is 32.8 Å². The first-order valence-corrected chi connectivity index (χ1v) is 11.5. The second-order valence-corrected chi connectivity index (χ2v) is 8.56. The highest BCUT2D eigenvalue weighted by Crippen LogP contribution is 2.36. The average Bonchev–Trinajstić information content (AvgIpc) is 3.26. The summed E-state index contributed by atoms with van der Waals surface area (Å²) in [6, 6.07) is 20.2. The molecule has 4 nitrogen and oxygen atoms in total. The highest BCUT2D eigenvalue weighted by atomic mass is 32.1. The van der Waals surface area contributed by atoms with Gasteiger partial charge < -0.3 is 9.47 Å². The van der Waals surface area contributed by atoms with Gasteiger partial charge in [-0.1, -0.05) is 24.1 Å². The maximum absolute atomic E-state index is 9.03. The Kier molecular flexibility index (Phi) is 6.93. The van der Waals surface area contributed by atoms with E-state index in [2.05, 4.69) is 42.3 Å². The maximum atomic E-state index is 9.03. The largest absolute Gasteiger partial charge is 0.497 e. The number of methoxy groups -OCH3 is 1. The minimum absolute atomic E-state index is 0.0726. The van der Waals surface area contributed by atoms with Crippen LogP contribution in [0.1, 0.15) is 36.1 Å². The van der Waals surface area contributed by atoms with E-state index in [0.717, 1.165) is 49.7 Å². The van der Waals surface area contributed by atoms with Crippen LogP contribution in [-0.2, 0) is 6.61 Å². The smallest absolute Gasteiger partial charge is 0.130 e. The number of benzene rings is 2. The lowest BCUT2D eigenvalue weighted by Gasteiger charge is -2.10. The number of hydrogen-bond donors (Lipinski definition) is 0. The molecule has 33 heavy (non-hydrogen) atoms. The second kappa shape index (κ2) is 10.2. The number of aryl methyl sites for hydroxylation is 1. The Balaban J connectivity index is 1.52. The molecule has 2 heterocycles. The lowest BCUT2D eigenvalue weighted by atomic mass is 9.97. The minimum atomic E-state index is -0.0726. The fourth-order valence-electron chi connectivity index (χ4n) is 3.76. The average molecular weight is 453 g/mol. The molecule has 164 valence electrons. The van der Waals surface area contributed by atoms with E-state index in [1.807, 2.05) is 42.5 Å². The summed E-state index contributed by atoms with van der Waals surface area (Å²) in [4.78, 5) is 4.90. The van der Waals surface area contributed by atoms with Gasteiger partial charge in [0.25, 0.3) is 0 Å². The first-order chi connectivity index (χ1) is 16.1. The Morgan fingerprint density at radius 2 is 1.82 bits per heavy atom. The van der Waals surface area contributed by atoms with Crippen LogP contribution in [0.15, 0.2) is 60.0 Å². The summed E-state index contributed by atoms with van der Waals surface area (Å²) in [6.45, 7) is 4.26. The molecule has 0 saturated heterocycles. The topological polar surface area (TPSA) is 55.1 Å². The second-order valence-electron chi connectivity index (χ2n) is 7.65. The predicted octanol–water partition coefficient (Wildman–Crippen LogP) is 6.88. The number of aromatic nitrogens is 1. The molecule has 0 aliphatic carbocycles. The summed E-state index contributed by atoms with van der Waals surface area (Å²) in [5.74, 6) is 7.54. The van der Waals surface area contributed by atoms with Crippen LogP contribution in [-0.4, -0.2) is 12.1 Å². The summed E-state index contributed by atoms with van der Waals surface area (Å²) in [5, 5.41) is 11.2. The zero-order valence-corrected chi connectivity index (χ0v) is 19.7. The van der Waals surface area contributed by atoms with E-state index in [-0.39, 0.29) is 5.92 Å². The van der Waals surface area contributed by atoms with Crippen molar-refractivity contribution < 1.29 is 9.47 Å². The number of nitriles is 1. The number of nitrogens with zero attached hydrogens (tertiary/aromatic N) is 2. The van der Waals surface area contributed by atoms with Gasteiger partial charge in [-0.25, -0.2) is 4.98 Å². The van der Waals surface area contributed by atoms with Crippen LogP contribution in [0.5, 0.6) is 11.5 Å². The number of ether oxygens (including phenoxy) is 2. The molecule has 2 aromatic heterocycles. The molecule has 4 aromatic rings. The molecule has 4 rings (SSSR count). The van der Waals surface area contributed by atoms with Gasteiger partial charge in [-0.05, 0) is 66.9 Å². The van der Waals surface area contributed by atoms with Gasteiger partial charge in [0, 0.05) is 10.9 Å². The van der Waals surface area contributed by atoms with Gasteiger partial charge >= 0.3 is 0 Å². The van der Waals surface area contributed by atoms with Gasteiger partial charge in [0.2, 0.25) is 0 Å². The maximum Gasteiger partial charge on any atom is 0.130 e. The number of pyridine rings is 1. The highest BCUT2D eigenvalue weighted by Gasteiger charge is 2.12. The van der Waals surface area contributed by atoms with Crippen LogP contribution in [0.25, 0.3) is 21.3 Å². The number of fused-ring (bicyclic) bond motifs is 1. The molecule has 0 spiro atoms. The monoisotopic (exact) mass is 452 g/mol. The molecular formula is C28H24N2O2S. The molecule has 0 unspecified atom stereocenters. The SMILES string of the molecule is CC#C[C@@H](CC#N)c1ccc(OCc2ccc3scc(-c4ccc(OC)cc4C)c3n2)cc1. The molecule has 0 N–H and O–H groups in total. The van der Waals surface area contributed by atoms with Gasteiger partial charge in [0.15, 0.2) is 0 Å². The normalized spacial score (nSPS) is 11.3. The summed E-state index contributed by atoms with van der Waals surface area (Å²) >= 11 is 1.69. The lowest BCUT2D eigenvalue weighted by molar-refractivity contribution is 0.301. The van der Waals surface area contributed by atoms with Crippen LogP contribution in [0.4, 0.5) is 0 Å². The summed E-state index contributed by atoms with van der Waals surface area (Å²) < 4.78 is 12.5. The van der Waals surface area contributed by atoms with E-state index in [1.54, 1.807) is 25.4 Å². The van der Waals surface area contributed by atoms with Crippen molar-refractivity contribution in [3.05, 3.63) is 76.8 Å². The minimum Gasteiger partial charge on any atom is -0.497 e. The van der Waals surface area contributed by atoms with Gasteiger partial charge in [0.1, 0.15) is 18.1 Å². The van der Waals surface area contributed by atoms with Crippen LogP contribution in [0.2, 0.25) is 0 Å². The molecule has 0 aliphatic rings. The molecule has 0 bridgehead atoms. The number of rotatable bonds is 7. The molecule has 0 fully saturated rings. The molecule has 0 aliphatic heterocycles. The van der Waals surface area contributed by atoms with Crippen LogP contribution in [0, 0.1) is 30.1 Å². The van der Waals surface area contributed by atoms with Gasteiger partial charge in [-0.15, -0.1) is 17.3 Å². The molecule has 0 amide bonds. The van der Waals surface area contributed by atoms with Crippen molar-refractivity contribution in [2.75, 3.05) is 7.11 Å². The third-order valence-electron chi connectivity index (χ3n) is 5.48. The lowest BCUT2D eigenvalue weighted by Crippen LogP contribution is -1.99. The van der Waals surface area contributed by atoms with Crippen LogP contribution in [0.3, 0.4) is 0 Å². The number of thiophene rings is 1. The van der Waals surface area contributed by atoms with Crippen molar-refractivity contribution in [1.82, 2.24) is 4.98 Å². The van der Waals surface area contributed by atoms with Crippen molar-refractivity contribution in [3.63, 3.8) is 0 Å². The third-order valence-corrected chi connectivity index (χ3v) is 6.42. The summed E-state index contributed by atoms with van der Waals surface area (Å²) in [6.07, 6.45) is 0.377. The Bertz CT molecular complexity index is 1370. The molecule has 5 heteroatoms. The first kappa shape index (κ1) is 22.4. The fourth-order valence-corrected chi connectivity index (χ4v) is 4.66. The van der Waals surface area contributed by atoms with Crippen molar-refractivity contribution in [2.24, 2.45) is 0 Å².